The summed E-state index contributed by atoms with van der Waals surface area (Å²) in [7, 11) is 0. The monoisotopic (exact) mass is 480 g/mol. The van der Waals surface area contributed by atoms with E-state index in [1.807, 2.05) is 6.92 Å². The van der Waals surface area contributed by atoms with Gasteiger partial charge in [0, 0.05) is 31.7 Å². The van der Waals surface area contributed by atoms with Crippen LogP contribution in [0.25, 0.3) is 0 Å². The lowest BCUT2D eigenvalue weighted by molar-refractivity contribution is -0.181. The predicted octanol–water partition coefficient (Wildman–Crippen LogP) is 3.96. The van der Waals surface area contributed by atoms with E-state index in [4.69, 9.17) is 9.47 Å². The Morgan fingerprint density at radius 1 is 1.32 bits per heavy atom. The van der Waals surface area contributed by atoms with Gasteiger partial charge in [0.15, 0.2) is 11.6 Å². The minimum Gasteiger partial charge on any atom is -0.488 e. The first-order valence-electron chi connectivity index (χ1n) is 11.6. The van der Waals surface area contributed by atoms with E-state index in [-0.39, 0.29) is 29.9 Å². The Morgan fingerprint density at radius 3 is 2.65 bits per heavy atom. The number of nitrogens with one attached hydrogen (secondary N) is 1. The highest BCUT2D eigenvalue weighted by Crippen LogP contribution is 2.38. The quantitative estimate of drug-likeness (QED) is 0.678. The molecular formula is C24H31F3N4O3. The molecule has 3 heterocycles. The van der Waals surface area contributed by atoms with Crippen LogP contribution >= 0.6 is 0 Å². The van der Waals surface area contributed by atoms with Gasteiger partial charge in [0.05, 0.1) is 30.1 Å². The van der Waals surface area contributed by atoms with Crippen molar-refractivity contribution in [2.45, 2.75) is 57.8 Å². The number of aromatic nitrogens is 2. The number of hydrogen-bond acceptors (Lipinski definition) is 5. The molecule has 2 aliphatic rings. The Bertz CT molecular complexity index is 1010. The predicted molar refractivity (Wildman–Crippen MR) is 120 cm³/mol. The molecule has 4 rings (SSSR count). The van der Waals surface area contributed by atoms with Crippen molar-refractivity contribution in [3.63, 3.8) is 0 Å². The van der Waals surface area contributed by atoms with E-state index in [0.29, 0.717) is 39.0 Å². The average Bonchev–Trinajstić information content (AvgIpc) is 3.20. The second-order valence-corrected chi connectivity index (χ2v) is 9.45. The van der Waals surface area contributed by atoms with Crippen molar-refractivity contribution in [3.05, 3.63) is 47.0 Å². The Labute approximate surface area is 197 Å². The molecule has 2 fully saturated rings. The summed E-state index contributed by atoms with van der Waals surface area (Å²) < 4.78 is 52.7. The number of rotatable bonds is 6. The first-order chi connectivity index (χ1) is 16.2. The van der Waals surface area contributed by atoms with Crippen LogP contribution in [0.1, 0.15) is 54.4 Å². The number of piperidine rings is 1. The van der Waals surface area contributed by atoms with Crippen LogP contribution in [0.5, 0.6) is 5.75 Å². The number of carbonyl (C=O) groups is 1. The Hall–Kier alpha value is -2.59. The van der Waals surface area contributed by atoms with Gasteiger partial charge in [0.2, 0.25) is 0 Å². The third-order valence-corrected chi connectivity index (χ3v) is 6.42. The van der Waals surface area contributed by atoms with Gasteiger partial charge in [-0.1, -0.05) is 0 Å². The molecule has 2 saturated heterocycles. The fourth-order valence-electron chi connectivity index (χ4n) is 4.81. The van der Waals surface area contributed by atoms with Crippen LogP contribution < -0.4 is 4.74 Å². The van der Waals surface area contributed by atoms with Gasteiger partial charge in [-0.25, -0.2) is 13.2 Å². The van der Waals surface area contributed by atoms with Crippen LogP contribution in [0.4, 0.5) is 13.2 Å². The van der Waals surface area contributed by atoms with Crippen molar-refractivity contribution in [2.24, 2.45) is 0 Å². The van der Waals surface area contributed by atoms with E-state index in [1.165, 1.54) is 12.1 Å². The standard InChI is InChI=1S/C24H31F3N4O3/c1-15(2)33-19-5-4-17(10-18(19)25)23(32)31-8-6-24(7-9-31)14-30(13-21(26)27)12-20(34-24)22-16(3)11-28-29-22/h4-5,10-11,15,20-21H,6-9,12-14H2,1-3H3,(H,28,29). The highest BCUT2D eigenvalue weighted by molar-refractivity contribution is 5.94. The van der Waals surface area contributed by atoms with Gasteiger partial charge >= 0.3 is 0 Å². The fraction of sp³-hybridized carbons (Fsp3) is 0.583. The number of hydrogen-bond donors (Lipinski definition) is 1. The molecule has 0 radical (unpaired) electrons. The molecule has 0 aliphatic carbocycles. The van der Waals surface area contributed by atoms with Crippen LogP contribution in [0.15, 0.2) is 24.4 Å². The smallest absolute Gasteiger partial charge is 0.253 e. The summed E-state index contributed by atoms with van der Waals surface area (Å²) in [5.74, 6) is -0.742. The van der Waals surface area contributed by atoms with Crippen molar-refractivity contribution in [1.29, 1.82) is 0 Å². The molecule has 1 spiro atoms. The van der Waals surface area contributed by atoms with E-state index in [0.717, 1.165) is 11.3 Å². The topological polar surface area (TPSA) is 70.7 Å². The maximum atomic E-state index is 14.4. The summed E-state index contributed by atoms with van der Waals surface area (Å²) in [6, 6.07) is 4.23. The normalized spacial score (nSPS) is 20.9. The molecule has 1 aromatic carbocycles. The molecule has 1 unspecified atom stereocenters. The van der Waals surface area contributed by atoms with E-state index < -0.39 is 23.9 Å². The summed E-state index contributed by atoms with van der Waals surface area (Å²) in [5.41, 5.74) is 1.31. The molecule has 0 saturated carbocycles. The lowest BCUT2D eigenvalue weighted by atomic mass is 9.87. The zero-order chi connectivity index (χ0) is 24.5. The maximum absolute atomic E-state index is 14.4. The van der Waals surface area contributed by atoms with E-state index in [1.54, 1.807) is 35.9 Å². The third kappa shape index (κ3) is 5.38. The van der Waals surface area contributed by atoms with Crippen LogP contribution in [0.3, 0.4) is 0 Å². The summed E-state index contributed by atoms with van der Waals surface area (Å²) in [6.07, 6.45) is -0.338. The number of alkyl halides is 2. The summed E-state index contributed by atoms with van der Waals surface area (Å²) in [5, 5.41) is 6.99. The number of H-pyrrole nitrogens is 1. The van der Waals surface area contributed by atoms with Crippen LogP contribution in [-0.2, 0) is 4.74 Å². The largest absolute Gasteiger partial charge is 0.488 e. The Morgan fingerprint density at radius 2 is 2.06 bits per heavy atom. The first kappa shape index (κ1) is 24.5. The number of likely N-dealkylation sites (tertiary alicyclic amines) is 1. The minimum atomic E-state index is -2.45. The van der Waals surface area contributed by atoms with E-state index in [9.17, 15) is 18.0 Å². The molecule has 186 valence electrons. The van der Waals surface area contributed by atoms with Crippen molar-refractivity contribution >= 4 is 5.91 Å². The number of aryl methyl sites for hydroxylation is 1. The molecule has 1 N–H and O–H groups in total. The fourth-order valence-corrected chi connectivity index (χ4v) is 4.81. The molecule has 2 aromatic rings. The van der Waals surface area contributed by atoms with E-state index in [2.05, 4.69) is 10.2 Å². The van der Waals surface area contributed by atoms with Crippen molar-refractivity contribution in [2.75, 3.05) is 32.7 Å². The number of ether oxygens (including phenoxy) is 2. The molecular weight excluding hydrogens is 449 g/mol. The summed E-state index contributed by atoms with van der Waals surface area (Å²) >= 11 is 0. The third-order valence-electron chi connectivity index (χ3n) is 6.42. The molecule has 7 nitrogen and oxygen atoms in total. The second kappa shape index (κ2) is 9.95. The van der Waals surface area contributed by atoms with Crippen LogP contribution in [0, 0.1) is 12.7 Å². The number of amides is 1. The van der Waals surface area contributed by atoms with Gasteiger partial charge in [-0.2, -0.15) is 5.10 Å². The molecule has 34 heavy (non-hydrogen) atoms. The number of aromatic amines is 1. The van der Waals surface area contributed by atoms with Gasteiger partial charge in [0.25, 0.3) is 12.3 Å². The number of benzene rings is 1. The van der Waals surface area contributed by atoms with Gasteiger partial charge in [-0.3, -0.25) is 14.8 Å². The highest BCUT2D eigenvalue weighted by atomic mass is 19.3. The lowest BCUT2D eigenvalue weighted by Gasteiger charge is -2.50. The number of morpholine rings is 1. The molecule has 10 heteroatoms. The van der Waals surface area contributed by atoms with Gasteiger partial charge in [-0.15, -0.1) is 0 Å². The molecule has 1 aromatic heterocycles. The van der Waals surface area contributed by atoms with Gasteiger partial charge < -0.3 is 14.4 Å². The van der Waals surface area contributed by atoms with Gasteiger partial charge in [-0.05, 0) is 57.4 Å². The number of carbonyl (C=O) groups excluding carboxylic acids is 1. The zero-order valence-corrected chi connectivity index (χ0v) is 19.7. The average molecular weight is 481 g/mol. The van der Waals surface area contributed by atoms with Crippen molar-refractivity contribution in [1.82, 2.24) is 20.0 Å². The minimum absolute atomic E-state index is 0.110. The lowest BCUT2D eigenvalue weighted by Crippen LogP contribution is -2.58. The highest BCUT2D eigenvalue weighted by Gasteiger charge is 2.45. The number of halogens is 3. The first-order valence-corrected chi connectivity index (χ1v) is 11.6. The SMILES string of the molecule is Cc1cn[nH]c1C1CN(CC(F)F)CC2(CCN(C(=O)c3ccc(OC(C)C)c(F)c3)CC2)O1. The van der Waals surface area contributed by atoms with E-state index >= 15 is 0 Å². The number of nitrogens with zero attached hydrogens (tertiary/aromatic N) is 3. The zero-order valence-electron chi connectivity index (χ0n) is 19.7. The van der Waals surface area contributed by atoms with Crippen LogP contribution in [-0.4, -0.2) is 76.8 Å². The summed E-state index contributed by atoms with van der Waals surface area (Å²) in [4.78, 5) is 16.4. The molecule has 0 bridgehead atoms. The molecule has 1 amide bonds. The van der Waals surface area contributed by atoms with Crippen LogP contribution in [0.2, 0.25) is 0 Å². The Kier molecular flexibility index (Phi) is 7.18. The van der Waals surface area contributed by atoms with Crippen molar-refractivity contribution in [3.8, 4) is 5.75 Å². The van der Waals surface area contributed by atoms with Crippen molar-refractivity contribution < 1.29 is 27.4 Å². The second-order valence-electron chi connectivity index (χ2n) is 9.45. The molecule has 1 atom stereocenters. The van der Waals surface area contributed by atoms with Gasteiger partial charge in [0.1, 0.15) is 6.10 Å². The molecule has 2 aliphatic heterocycles. The Balaban J connectivity index is 1.45. The maximum Gasteiger partial charge on any atom is 0.253 e. The summed E-state index contributed by atoms with van der Waals surface area (Å²) in [6.45, 7) is 6.68.